The lowest BCUT2D eigenvalue weighted by Gasteiger charge is -2.34. The lowest BCUT2D eigenvalue weighted by atomic mass is 10.0. The van der Waals surface area contributed by atoms with Crippen LogP contribution in [0.3, 0.4) is 0 Å². The number of nitrogens with zero attached hydrogens (tertiary/aromatic N) is 2. The first-order valence-corrected chi connectivity index (χ1v) is 16.2. The van der Waals surface area contributed by atoms with Crippen LogP contribution < -0.4 is 9.62 Å². The van der Waals surface area contributed by atoms with Crippen LogP contribution in [0.1, 0.15) is 42.4 Å². The molecule has 3 aromatic rings. The first-order valence-electron chi connectivity index (χ1n) is 13.6. The van der Waals surface area contributed by atoms with Gasteiger partial charge in [-0.25, -0.2) is 8.42 Å². The van der Waals surface area contributed by atoms with Crippen LogP contribution >= 0.6 is 23.2 Å². The molecule has 0 radical (unpaired) electrons. The molecule has 1 N–H and O–H groups in total. The van der Waals surface area contributed by atoms with Gasteiger partial charge in [0.15, 0.2) is 0 Å². The van der Waals surface area contributed by atoms with E-state index in [0.29, 0.717) is 26.9 Å². The van der Waals surface area contributed by atoms with Crippen LogP contribution in [0.2, 0.25) is 10.0 Å². The number of anilines is 1. The highest BCUT2D eigenvalue weighted by molar-refractivity contribution is 7.92. The molecule has 1 aliphatic rings. The molecule has 0 bridgehead atoms. The van der Waals surface area contributed by atoms with Crippen molar-refractivity contribution < 1.29 is 18.0 Å². The molecule has 1 atom stereocenters. The fraction of sp³-hybridized carbons (Fsp3) is 0.355. The Morgan fingerprint density at radius 3 is 2.29 bits per heavy atom. The lowest BCUT2D eigenvalue weighted by Crippen LogP contribution is -2.54. The van der Waals surface area contributed by atoms with Crippen molar-refractivity contribution in [2.24, 2.45) is 0 Å². The molecule has 218 valence electrons. The summed E-state index contributed by atoms with van der Waals surface area (Å²) in [5, 5.41) is 3.95. The second-order valence-electron chi connectivity index (χ2n) is 10.5. The second kappa shape index (κ2) is 13.7. The molecule has 0 aliphatic heterocycles. The van der Waals surface area contributed by atoms with Gasteiger partial charge in [-0.15, -0.1) is 0 Å². The fourth-order valence-corrected chi connectivity index (χ4v) is 6.44. The van der Waals surface area contributed by atoms with Crippen molar-refractivity contribution in [3.63, 3.8) is 0 Å². The molecule has 3 aromatic carbocycles. The number of sulfonamides is 1. The number of hydrogen-bond acceptors (Lipinski definition) is 4. The van der Waals surface area contributed by atoms with Gasteiger partial charge in [-0.3, -0.25) is 13.9 Å². The minimum absolute atomic E-state index is 0.0280. The van der Waals surface area contributed by atoms with E-state index in [4.69, 9.17) is 23.2 Å². The molecule has 0 heterocycles. The molecule has 41 heavy (non-hydrogen) atoms. The van der Waals surface area contributed by atoms with E-state index in [-0.39, 0.29) is 24.9 Å². The van der Waals surface area contributed by atoms with Crippen LogP contribution in [0.5, 0.6) is 0 Å². The zero-order valence-electron chi connectivity index (χ0n) is 23.2. The summed E-state index contributed by atoms with van der Waals surface area (Å²) in [6.45, 7) is 1.27. The zero-order valence-corrected chi connectivity index (χ0v) is 25.6. The van der Waals surface area contributed by atoms with Crippen molar-refractivity contribution in [1.29, 1.82) is 0 Å². The van der Waals surface area contributed by atoms with E-state index in [1.54, 1.807) is 37.3 Å². The Hall–Kier alpha value is -3.07. The Kier molecular flexibility index (Phi) is 10.3. The summed E-state index contributed by atoms with van der Waals surface area (Å²) in [5.74, 6) is -0.803. The predicted molar refractivity (Wildman–Crippen MR) is 165 cm³/mol. The minimum atomic E-state index is -3.89. The van der Waals surface area contributed by atoms with Crippen LogP contribution in [0, 0.1) is 6.92 Å². The molecule has 0 unspecified atom stereocenters. The Labute approximate surface area is 252 Å². The molecule has 2 amide bonds. The molecule has 4 rings (SSSR count). The molecular formula is C31H35Cl2N3O4S. The van der Waals surface area contributed by atoms with Gasteiger partial charge in [-0.1, -0.05) is 90.6 Å². The molecule has 1 fully saturated rings. The van der Waals surface area contributed by atoms with Gasteiger partial charge in [0.1, 0.15) is 12.6 Å². The molecule has 0 saturated heterocycles. The zero-order chi connectivity index (χ0) is 29.6. The van der Waals surface area contributed by atoms with Gasteiger partial charge in [0.2, 0.25) is 21.8 Å². The lowest BCUT2D eigenvalue weighted by molar-refractivity contribution is -0.140. The van der Waals surface area contributed by atoms with Crippen molar-refractivity contribution in [1.82, 2.24) is 10.2 Å². The van der Waals surface area contributed by atoms with E-state index < -0.39 is 28.5 Å². The van der Waals surface area contributed by atoms with Crippen LogP contribution in [-0.2, 0) is 32.6 Å². The number of halogens is 2. The maximum Gasteiger partial charge on any atom is 0.244 e. The highest BCUT2D eigenvalue weighted by Crippen LogP contribution is 2.28. The highest BCUT2D eigenvalue weighted by Gasteiger charge is 2.34. The van der Waals surface area contributed by atoms with E-state index in [1.165, 1.54) is 11.0 Å². The number of carbonyl (C=O) groups is 2. The molecule has 1 aliphatic carbocycles. The van der Waals surface area contributed by atoms with Crippen LogP contribution in [0.15, 0.2) is 72.8 Å². The van der Waals surface area contributed by atoms with E-state index >= 15 is 0 Å². The van der Waals surface area contributed by atoms with Crippen molar-refractivity contribution >= 4 is 50.7 Å². The number of hydrogen-bond donors (Lipinski definition) is 1. The summed E-state index contributed by atoms with van der Waals surface area (Å²) in [5.41, 5.74) is 2.48. The Morgan fingerprint density at radius 1 is 0.976 bits per heavy atom. The van der Waals surface area contributed by atoms with Gasteiger partial charge in [-0.2, -0.15) is 0 Å². The SMILES string of the molecule is Cc1ccc(Cl)cc1N(CC(=O)N(Cc1ccccc1Cl)[C@H](Cc1ccccc1)C(=O)NC1CCCC1)S(C)(=O)=O. The molecule has 0 spiro atoms. The van der Waals surface area contributed by atoms with Gasteiger partial charge in [0.25, 0.3) is 0 Å². The minimum Gasteiger partial charge on any atom is -0.352 e. The third-order valence-corrected chi connectivity index (χ3v) is 9.12. The van der Waals surface area contributed by atoms with Crippen LogP contribution in [0.25, 0.3) is 0 Å². The van der Waals surface area contributed by atoms with E-state index in [0.717, 1.165) is 41.8 Å². The van der Waals surface area contributed by atoms with Crippen molar-refractivity contribution in [2.45, 2.75) is 57.7 Å². The molecule has 7 nitrogen and oxygen atoms in total. The standard InChI is InChI=1S/C31H35Cl2N3O4S/c1-22-16-17-25(32)19-28(22)36(41(2,39)40)21-30(37)35(20-24-12-6-9-15-27(24)33)29(18-23-10-4-3-5-11-23)31(38)34-26-13-7-8-14-26/h3-6,9-12,15-17,19,26,29H,7-8,13-14,18,20-21H2,1-2H3,(H,34,38)/t29-/m1/s1. The van der Waals surface area contributed by atoms with Gasteiger partial charge in [0.05, 0.1) is 11.9 Å². The second-order valence-corrected chi connectivity index (χ2v) is 13.3. The quantitative estimate of drug-likeness (QED) is 0.297. The van der Waals surface area contributed by atoms with Crippen LogP contribution in [-0.4, -0.2) is 50.0 Å². The molecular weight excluding hydrogens is 581 g/mol. The first-order chi connectivity index (χ1) is 19.5. The number of aryl methyl sites for hydroxylation is 1. The Morgan fingerprint density at radius 2 is 1.63 bits per heavy atom. The number of benzene rings is 3. The average Bonchev–Trinajstić information content (AvgIpc) is 3.44. The molecule has 1 saturated carbocycles. The van der Waals surface area contributed by atoms with Gasteiger partial charge in [0, 0.05) is 29.1 Å². The van der Waals surface area contributed by atoms with Gasteiger partial charge >= 0.3 is 0 Å². The third-order valence-electron chi connectivity index (χ3n) is 7.39. The summed E-state index contributed by atoms with van der Waals surface area (Å²) in [6.07, 6.45) is 5.16. The number of rotatable bonds is 11. The van der Waals surface area contributed by atoms with E-state index in [2.05, 4.69) is 5.32 Å². The summed E-state index contributed by atoms with van der Waals surface area (Å²) in [4.78, 5) is 29.6. The summed E-state index contributed by atoms with van der Waals surface area (Å²) < 4.78 is 27.1. The summed E-state index contributed by atoms with van der Waals surface area (Å²) >= 11 is 12.7. The summed E-state index contributed by atoms with van der Waals surface area (Å²) in [6, 6.07) is 20.6. The number of amides is 2. The Bertz CT molecular complexity index is 1480. The topological polar surface area (TPSA) is 86.8 Å². The summed E-state index contributed by atoms with van der Waals surface area (Å²) in [7, 11) is -3.89. The van der Waals surface area contributed by atoms with Gasteiger partial charge in [-0.05, 0) is 54.7 Å². The maximum atomic E-state index is 14.2. The van der Waals surface area contributed by atoms with Crippen molar-refractivity contribution in [2.75, 3.05) is 17.1 Å². The number of nitrogens with one attached hydrogen (secondary N) is 1. The average molecular weight is 617 g/mol. The van der Waals surface area contributed by atoms with Crippen molar-refractivity contribution in [3.8, 4) is 0 Å². The monoisotopic (exact) mass is 615 g/mol. The third kappa shape index (κ3) is 8.24. The van der Waals surface area contributed by atoms with E-state index in [9.17, 15) is 18.0 Å². The fourth-order valence-electron chi connectivity index (χ4n) is 5.18. The van der Waals surface area contributed by atoms with Gasteiger partial charge < -0.3 is 10.2 Å². The first kappa shape index (κ1) is 30.9. The largest absolute Gasteiger partial charge is 0.352 e. The number of carbonyl (C=O) groups excluding carboxylic acids is 2. The van der Waals surface area contributed by atoms with Crippen LogP contribution in [0.4, 0.5) is 5.69 Å². The highest BCUT2D eigenvalue weighted by atomic mass is 35.5. The molecule has 0 aromatic heterocycles. The predicted octanol–water partition coefficient (Wildman–Crippen LogP) is 5.77. The smallest absolute Gasteiger partial charge is 0.244 e. The molecule has 10 heteroatoms. The Balaban J connectivity index is 1.75. The maximum absolute atomic E-state index is 14.2. The van der Waals surface area contributed by atoms with Crippen molar-refractivity contribution in [3.05, 3.63) is 99.5 Å². The van der Waals surface area contributed by atoms with E-state index in [1.807, 2.05) is 36.4 Å². The normalized spacial score (nSPS) is 14.4.